The van der Waals surface area contributed by atoms with Crippen molar-refractivity contribution in [3.63, 3.8) is 0 Å². The van der Waals surface area contributed by atoms with E-state index in [0.29, 0.717) is 0 Å². The van der Waals surface area contributed by atoms with Crippen LogP contribution in [0.15, 0.2) is 0 Å². The van der Waals surface area contributed by atoms with Gasteiger partial charge in [-0.1, -0.05) is 0 Å². The molecular formula is C12H2F16O2. The summed E-state index contributed by atoms with van der Waals surface area (Å²) >= 11 is 0. The summed E-state index contributed by atoms with van der Waals surface area (Å²) < 4.78 is 208. The zero-order valence-electron chi connectivity index (χ0n) is 13.0. The molecule has 1 aromatic carbocycles. The largest absolute Gasteiger partial charge is 0.483 e. The lowest BCUT2D eigenvalue weighted by molar-refractivity contribution is -0.523. The number of hydrogen-bond donors (Lipinski definition) is 0. The van der Waals surface area contributed by atoms with Crippen LogP contribution in [0.2, 0.25) is 0 Å². The van der Waals surface area contributed by atoms with Crippen molar-refractivity contribution in [1.82, 2.24) is 0 Å². The lowest BCUT2D eigenvalue weighted by Crippen LogP contribution is -2.54. The zero-order valence-corrected chi connectivity index (χ0v) is 13.0. The zero-order chi connectivity index (χ0) is 24.0. The number of alkyl halides is 11. The molecule has 2 atom stereocenters. The number of halogens is 16. The Morgan fingerprint density at radius 3 is 1.27 bits per heavy atom. The molecule has 0 aromatic heterocycles. The first kappa shape index (κ1) is 26.1. The molecule has 0 spiro atoms. The van der Waals surface area contributed by atoms with Gasteiger partial charge in [-0.15, -0.1) is 0 Å². The standard InChI is InChI=1S/C12H2F16O2/c13-2-1(3(14)6(17)7(18)5(2)16)4(15)8(19)29-11(25,26)12(27,28)30-10(23,24)9(20,21)22/h4,8H. The molecule has 174 valence electrons. The van der Waals surface area contributed by atoms with Gasteiger partial charge in [-0.05, 0) is 0 Å². The highest BCUT2D eigenvalue weighted by Crippen LogP contribution is 2.47. The van der Waals surface area contributed by atoms with E-state index in [9.17, 15) is 70.2 Å². The van der Waals surface area contributed by atoms with Crippen LogP contribution in [0.4, 0.5) is 70.2 Å². The second-order valence-electron chi connectivity index (χ2n) is 5.00. The topological polar surface area (TPSA) is 18.5 Å². The SMILES string of the molecule is Fc1c(F)c(F)c(C(F)C(F)OC(F)(F)C(F)(F)OC(F)(F)C(F)(F)F)c(F)c1F. The summed E-state index contributed by atoms with van der Waals surface area (Å²) in [6.45, 7) is 0. The van der Waals surface area contributed by atoms with Crippen LogP contribution in [0.3, 0.4) is 0 Å². The molecule has 30 heavy (non-hydrogen) atoms. The van der Waals surface area contributed by atoms with Crippen molar-refractivity contribution >= 4 is 0 Å². The highest BCUT2D eigenvalue weighted by atomic mass is 19.4. The van der Waals surface area contributed by atoms with Gasteiger partial charge < -0.3 is 0 Å². The van der Waals surface area contributed by atoms with Crippen molar-refractivity contribution in [3.8, 4) is 0 Å². The second-order valence-corrected chi connectivity index (χ2v) is 5.00. The quantitative estimate of drug-likeness (QED) is 0.267. The Labute approximate surface area is 152 Å². The second kappa shape index (κ2) is 7.93. The molecule has 2 nitrogen and oxygen atoms in total. The third-order valence-electron chi connectivity index (χ3n) is 2.94. The van der Waals surface area contributed by atoms with Gasteiger partial charge in [-0.25, -0.2) is 35.5 Å². The van der Waals surface area contributed by atoms with Crippen LogP contribution in [0, 0.1) is 29.1 Å². The molecule has 0 N–H and O–H groups in total. The van der Waals surface area contributed by atoms with Crippen LogP contribution >= 0.6 is 0 Å². The van der Waals surface area contributed by atoms with Gasteiger partial charge in [0.15, 0.2) is 29.4 Å². The molecular weight excluding hydrogens is 480 g/mol. The molecule has 0 aliphatic carbocycles. The highest BCUT2D eigenvalue weighted by Gasteiger charge is 2.71. The number of benzene rings is 1. The molecule has 0 bridgehead atoms. The fourth-order valence-electron chi connectivity index (χ4n) is 1.54. The maximum atomic E-state index is 13.6. The van der Waals surface area contributed by atoms with Gasteiger partial charge in [0.05, 0.1) is 5.56 Å². The van der Waals surface area contributed by atoms with Gasteiger partial charge in [0.1, 0.15) is 0 Å². The predicted molar refractivity (Wildman–Crippen MR) is 58.0 cm³/mol. The van der Waals surface area contributed by atoms with Crippen LogP contribution < -0.4 is 0 Å². The third-order valence-corrected chi connectivity index (χ3v) is 2.94. The Bertz CT molecular complexity index is 758. The van der Waals surface area contributed by atoms with Gasteiger partial charge in [-0.2, -0.15) is 39.5 Å². The summed E-state index contributed by atoms with van der Waals surface area (Å²) in [5.41, 5.74) is -2.83. The summed E-state index contributed by atoms with van der Waals surface area (Å²) in [6.07, 6.45) is -37.2. The van der Waals surface area contributed by atoms with Gasteiger partial charge in [0.2, 0.25) is 12.2 Å². The smallest absolute Gasteiger partial charge is 0.275 e. The van der Waals surface area contributed by atoms with Gasteiger partial charge in [-0.3, -0.25) is 4.74 Å². The lowest BCUT2D eigenvalue weighted by atomic mass is 10.1. The molecule has 0 amide bonds. The number of hydrogen-bond acceptors (Lipinski definition) is 2. The summed E-state index contributed by atoms with van der Waals surface area (Å²) in [5.74, 6) is -15.1. The Balaban J connectivity index is 3.21. The van der Waals surface area contributed by atoms with E-state index in [1.54, 1.807) is 4.74 Å². The van der Waals surface area contributed by atoms with E-state index in [1.165, 1.54) is 0 Å². The van der Waals surface area contributed by atoms with Crippen LogP contribution in [-0.2, 0) is 9.47 Å². The lowest BCUT2D eigenvalue weighted by Gasteiger charge is -2.30. The molecule has 0 heterocycles. The molecule has 0 radical (unpaired) electrons. The molecule has 0 aliphatic heterocycles. The van der Waals surface area contributed by atoms with Crippen LogP contribution in [-0.4, -0.2) is 30.9 Å². The summed E-state index contributed by atoms with van der Waals surface area (Å²) in [5, 5.41) is 0. The third kappa shape index (κ3) is 4.68. The Morgan fingerprint density at radius 2 is 0.900 bits per heavy atom. The van der Waals surface area contributed by atoms with Gasteiger partial charge in [0, 0.05) is 0 Å². The van der Waals surface area contributed by atoms with Crippen molar-refractivity contribution in [2.45, 2.75) is 37.0 Å². The molecule has 2 unspecified atom stereocenters. The number of rotatable bonds is 7. The maximum Gasteiger partial charge on any atom is 0.483 e. The minimum atomic E-state index is -7.05. The summed E-state index contributed by atoms with van der Waals surface area (Å²) in [7, 11) is 0. The summed E-state index contributed by atoms with van der Waals surface area (Å²) in [4.78, 5) is 0. The van der Waals surface area contributed by atoms with Crippen LogP contribution in [0.1, 0.15) is 11.7 Å². The molecule has 1 aromatic rings. The summed E-state index contributed by atoms with van der Waals surface area (Å²) in [6, 6.07) is 0. The predicted octanol–water partition coefficient (Wildman–Crippen LogP) is 6.06. The highest BCUT2D eigenvalue weighted by molar-refractivity contribution is 5.26. The Hall–Kier alpha value is -1.98. The average molecular weight is 482 g/mol. The normalized spacial score (nSPS) is 16.0. The first-order valence-corrected chi connectivity index (χ1v) is 6.55. The van der Waals surface area contributed by atoms with Gasteiger partial charge in [0.25, 0.3) is 0 Å². The van der Waals surface area contributed by atoms with Crippen LogP contribution in [0.5, 0.6) is 0 Å². The van der Waals surface area contributed by atoms with Gasteiger partial charge >= 0.3 is 24.5 Å². The van der Waals surface area contributed by atoms with Crippen molar-refractivity contribution in [3.05, 3.63) is 34.6 Å². The minimum Gasteiger partial charge on any atom is -0.275 e. The Morgan fingerprint density at radius 1 is 0.533 bits per heavy atom. The Kier molecular flexibility index (Phi) is 6.89. The van der Waals surface area contributed by atoms with E-state index in [0.717, 1.165) is 0 Å². The average Bonchev–Trinajstić information content (AvgIpc) is 2.55. The van der Waals surface area contributed by atoms with E-state index in [-0.39, 0.29) is 0 Å². The fraction of sp³-hybridized carbons (Fsp3) is 0.500. The van der Waals surface area contributed by atoms with E-state index in [1.807, 2.05) is 0 Å². The van der Waals surface area contributed by atoms with Crippen molar-refractivity contribution < 1.29 is 79.7 Å². The monoisotopic (exact) mass is 482 g/mol. The first-order chi connectivity index (χ1) is 13.2. The maximum absolute atomic E-state index is 13.6. The molecule has 0 fully saturated rings. The first-order valence-electron chi connectivity index (χ1n) is 6.55. The molecule has 18 heteroatoms. The number of ether oxygens (including phenoxy) is 2. The van der Waals surface area contributed by atoms with Crippen molar-refractivity contribution in [2.24, 2.45) is 0 Å². The fourth-order valence-corrected chi connectivity index (χ4v) is 1.54. The van der Waals surface area contributed by atoms with E-state index in [2.05, 4.69) is 4.74 Å². The van der Waals surface area contributed by atoms with E-state index >= 15 is 0 Å². The minimum absolute atomic E-state index is 1.57. The molecule has 1 rings (SSSR count). The van der Waals surface area contributed by atoms with Crippen molar-refractivity contribution in [1.29, 1.82) is 0 Å². The van der Waals surface area contributed by atoms with Crippen molar-refractivity contribution in [2.75, 3.05) is 0 Å². The molecule has 0 aliphatic rings. The molecule has 0 saturated carbocycles. The van der Waals surface area contributed by atoms with Crippen LogP contribution in [0.25, 0.3) is 0 Å². The van der Waals surface area contributed by atoms with E-state index < -0.39 is 71.7 Å². The molecule has 0 saturated heterocycles. The van der Waals surface area contributed by atoms with E-state index in [4.69, 9.17) is 0 Å².